The number of hydrogen-bond acceptors (Lipinski definition) is 5. The number of rotatable bonds is 7. The molecule has 0 aliphatic carbocycles. The van der Waals surface area contributed by atoms with E-state index in [-0.39, 0.29) is 29.7 Å². The van der Waals surface area contributed by atoms with Crippen molar-refractivity contribution in [2.24, 2.45) is 0 Å². The predicted molar refractivity (Wildman–Crippen MR) is 92.3 cm³/mol. The number of nitrogens with zero attached hydrogens (tertiary/aromatic N) is 3. The van der Waals surface area contributed by atoms with Crippen molar-refractivity contribution in [1.82, 2.24) is 10.2 Å². The quantitative estimate of drug-likeness (QED) is 0.603. The van der Waals surface area contributed by atoms with E-state index in [9.17, 15) is 19.7 Å². The molecule has 0 fully saturated rings. The lowest BCUT2D eigenvalue weighted by Gasteiger charge is -2.24. The monoisotopic (exact) mass is 336 g/mol. The Morgan fingerprint density at radius 2 is 1.92 bits per heavy atom. The minimum absolute atomic E-state index is 0.0264. The Balaban J connectivity index is 3.15. The van der Waals surface area contributed by atoms with E-state index < -0.39 is 10.8 Å². The van der Waals surface area contributed by atoms with Crippen molar-refractivity contribution < 1.29 is 14.5 Å². The topological polar surface area (TPSA) is 95.8 Å². The van der Waals surface area contributed by atoms with Gasteiger partial charge in [-0.15, -0.1) is 0 Å². The average molecular weight is 336 g/mol. The molecular weight excluding hydrogens is 312 g/mol. The van der Waals surface area contributed by atoms with E-state index in [0.717, 1.165) is 0 Å². The van der Waals surface area contributed by atoms with E-state index in [1.54, 1.807) is 25.9 Å². The third-order valence-corrected chi connectivity index (χ3v) is 3.36. The first-order chi connectivity index (χ1) is 11.2. The Labute approximate surface area is 141 Å². The van der Waals surface area contributed by atoms with Crippen molar-refractivity contribution in [2.75, 3.05) is 32.1 Å². The van der Waals surface area contributed by atoms with Crippen molar-refractivity contribution in [3.05, 3.63) is 33.9 Å². The summed E-state index contributed by atoms with van der Waals surface area (Å²) in [6.45, 7) is 5.65. The molecule has 1 aromatic carbocycles. The molecule has 0 radical (unpaired) electrons. The van der Waals surface area contributed by atoms with Crippen LogP contribution in [0.2, 0.25) is 0 Å². The number of nitro groups is 1. The van der Waals surface area contributed by atoms with Crippen LogP contribution in [0.3, 0.4) is 0 Å². The van der Waals surface area contributed by atoms with Gasteiger partial charge in [0.05, 0.1) is 17.0 Å². The van der Waals surface area contributed by atoms with Gasteiger partial charge in [0.15, 0.2) is 0 Å². The number of non-ortho nitro benzene ring substituents is 1. The molecule has 8 nitrogen and oxygen atoms in total. The summed E-state index contributed by atoms with van der Waals surface area (Å²) in [5, 5.41) is 13.7. The zero-order chi connectivity index (χ0) is 18.4. The van der Waals surface area contributed by atoms with Crippen LogP contribution in [0.4, 0.5) is 11.4 Å². The normalized spacial score (nSPS) is 10.4. The standard InChI is InChI=1S/C16H24N4O4/c1-6-19(10-15(21)17-11(2)3)16(22)13-9-12(20(23)24)7-8-14(13)18(4)5/h7-9,11H,6,10H2,1-5H3,(H,17,21). The molecule has 0 unspecified atom stereocenters. The van der Waals surface area contributed by atoms with Crippen LogP contribution in [0.1, 0.15) is 31.1 Å². The van der Waals surface area contributed by atoms with Gasteiger partial charge in [0.25, 0.3) is 11.6 Å². The van der Waals surface area contributed by atoms with Crippen LogP contribution < -0.4 is 10.2 Å². The van der Waals surface area contributed by atoms with Crippen LogP contribution in [0.5, 0.6) is 0 Å². The van der Waals surface area contributed by atoms with Crippen molar-refractivity contribution in [1.29, 1.82) is 0 Å². The Morgan fingerprint density at radius 1 is 1.29 bits per heavy atom. The largest absolute Gasteiger partial charge is 0.377 e. The second kappa shape index (κ2) is 8.28. The lowest BCUT2D eigenvalue weighted by molar-refractivity contribution is -0.384. The van der Waals surface area contributed by atoms with Crippen LogP contribution >= 0.6 is 0 Å². The maximum absolute atomic E-state index is 12.8. The molecule has 0 spiro atoms. The highest BCUT2D eigenvalue weighted by atomic mass is 16.6. The Hall–Kier alpha value is -2.64. The summed E-state index contributed by atoms with van der Waals surface area (Å²) in [7, 11) is 3.50. The zero-order valence-corrected chi connectivity index (χ0v) is 14.7. The third kappa shape index (κ3) is 4.94. The fraction of sp³-hybridized carbons (Fsp3) is 0.500. The van der Waals surface area contributed by atoms with Gasteiger partial charge >= 0.3 is 0 Å². The lowest BCUT2D eigenvalue weighted by atomic mass is 10.1. The number of nitrogens with one attached hydrogen (secondary N) is 1. The Kier molecular flexibility index (Phi) is 6.69. The highest BCUT2D eigenvalue weighted by Gasteiger charge is 2.23. The number of benzene rings is 1. The molecule has 0 atom stereocenters. The van der Waals surface area contributed by atoms with E-state index in [2.05, 4.69) is 5.32 Å². The van der Waals surface area contributed by atoms with Gasteiger partial charge in [-0.2, -0.15) is 0 Å². The molecule has 1 rings (SSSR count). The van der Waals surface area contributed by atoms with Gasteiger partial charge in [0.1, 0.15) is 0 Å². The third-order valence-electron chi connectivity index (χ3n) is 3.36. The van der Waals surface area contributed by atoms with Gasteiger partial charge in [-0.1, -0.05) is 0 Å². The number of hydrogen-bond donors (Lipinski definition) is 1. The highest BCUT2D eigenvalue weighted by molar-refractivity contribution is 6.01. The lowest BCUT2D eigenvalue weighted by Crippen LogP contribution is -2.43. The van der Waals surface area contributed by atoms with E-state index in [1.165, 1.54) is 23.1 Å². The molecule has 1 aromatic rings. The maximum atomic E-state index is 12.8. The fourth-order valence-corrected chi connectivity index (χ4v) is 2.24. The number of carbonyl (C=O) groups is 2. The van der Waals surface area contributed by atoms with Gasteiger partial charge in [-0.05, 0) is 26.8 Å². The molecule has 0 saturated carbocycles. The smallest absolute Gasteiger partial charge is 0.270 e. The summed E-state index contributed by atoms with van der Waals surface area (Å²) >= 11 is 0. The second-order valence-electron chi connectivity index (χ2n) is 5.89. The molecule has 0 aromatic heterocycles. The van der Waals surface area contributed by atoms with Crippen molar-refractivity contribution in [3.63, 3.8) is 0 Å². The molecule has 0 saturated heterocycles. The number of amides is 2. The second-order valence-corrected chi connectivity index (χ2v) is 5.89. The molecule has 24 heavy (non-hydrogen) atoms. The van der Waals surface area contributed by atoms with E-state index >= 15 is 0 Å². The Bertz CT molecular complexity index is 629. The summed E-state index contributed by atoms with van der Waals surface area (Å²) in [6.07, 6.45) is 0. The first-order valence-electron chi connectivity index (χ1n) is 7.71. The molecule has 0 bridgehead atoms. The molecule has 132 valence electrons. The van der Waals surface area contributed by atoms with Crippen LogP contribution in [0, 0.1) is 10.1 Å². The molecule has 2 amide bonds. The summed E-state index contributed by atoms with van der Waals surface area (Å²) in [5.74, 6) is -0.680. The van der Waals surface area contributed by atoms with E-state index in [1.807, 2.05) is 13.8 Å². The van der Waals surface area contributed by atoms with E-state index in [0.29, 0.717) is 12.2 Å². The van der Waals surface area contributed by atoms with Crippen molar-refractivity contribution in [2.45, 2.75) is 26.8 Å². The van der Waals surface area contributed by atoms with E-state index in [4.69, 9.17) is 0 Å². The van der Waals surface area contributed by atoms with Gasteiger partial charge in [-0.3, -0.25) is 19.7 Å². The minimum Gasteiger partial charge on any atom is -0.377 e. The summed E-state index contributed by atoms with van der Waals surface area (Å²) in [6, 6.07) is 4.11. The number of nitro benzene ring substituents is 1. The molecule has 0 heterocycles. The summed E-state index contributed by atoms with van der Waals surface area (Å²) < 4.78 is 0. The minimum atomic E-state index is -0.544. The Morgan fingerprint density at radius 3 is 2.38 bits per heavy atom. The molecular formula is C16H24N4O4. The molecule has 0 aliphatic rings. The average Bonchev–Trinajstić information content (AvgIpc) is 2.50. The predicted octanol–water partition coefficient (Wildman–Crippen LogP) is 1.65. The van der Waals surface area contributed by atoms with Gasteiger partial charge in [0, 0.05) is 44.5 Å². The van der Waals surface area contributed by atoms with Crippen molar-refractivity contribution in [3.8, 4) is 0 Å². The highest BCUT2D eigenvalue weighted by Crippen LogP contribution is 2.25. The molecule has 0 aliphatic heterocycles. The van der Waals surface area contributed by atoms with Crippen LogP contribution in [0.25, 0.3) is 0 Å². The first-order valence-corrected chi connectivity index (χ1v) is 7.71. The first kappa shape index (κ1) is 19.4. The SMILES string of the molecule is CCN(CC(=O)NC(C)C)C(=O)c1cc([N+](=O)[O-])ccc1N(C)C. The van der Waals surface area contributed by atoms with Gasteiger partial charge < -0.3 is 15.1 Å². The molecule has 1 N–H and O–H groups in total. The zero-order valence-electron chi connectivity index (χ0n) is 14.7. The number of carbonyl (C=O) groups excluding carboxylic acids is 2. The summed E-state index contributed by atoms with van der Waals surface area (Å²) in [5.41, 5.74) is 0.605. The van der Waals surface area contributed by atoms with Crippen LogP contribution in [-0.2, 0) is 4.79 Å². The number of likely N-dealkylation sites (N-methyl/N-ethyl adjacent to an activating group) is 1. The maximum Gasteiger partial charge on any atom is 0.270 e. The summed E-state index contributed by atoms with van der Waals surface area (Å²) in [4.78, 5) is 38.2. The van der Waals surface area contributed by atoms with Crippen LogP contribution in [-0.4, -0.2) is 54.9 Å². The number of anilines is 1. The molecule has 8 heteroatoms. The fourth-order valence-electron chi connectivity index (χ4n) is 2.24. The van der Waals surface area contributed by atoms with Crippen molar-refractivity contribution >= 4 is 23.2 Å². The van der Waals surface area contributed by atoms with Gasteiger partial charge in [0.2, 0.25) is 5.91 Å². The van der Waals surface area contributed by atoms with Gasteiger partial charge in [-0.25, -0.2) is 0 Å². The van der Waals surface area contributed by atoms with Crippen LogP contribution in [0.15, 0.2) is 18.2 Å².